The van der Waals surface area contributed by atoms with Crippen LogP contribution in [0.5, 0.6) is 0 Å². The van der Waals surface area contributed by atoms with E-state index in [2.05, 4.69) is 59.9 Å². The van der Waals surface area contributed by atoms with Gasteiger partial charge in [0.15, 0.2) is 5.78 Å². The Morgan fingerprint density at radius 2 is 1.64 bits per heavy atom. The first-order chi connectivity index (χ1) is 26.0. The number of aliphatic carboxylic acids is 1. The van der Waals surface area contributed by atoms with E-state index in [0.717, 1.165) is 75.3 Å². The van der Waals surface area contributed by atoms with Crippen LogP contribution in [0.25, 0.3) is 0 Å². The number of amides is 1. The van der Waals surface area contributed by atoms with Crippen LogP contribution >= 0.6 is 11.6 Å². The molecule has 6 aliphatic carbocycles. The Balaban J connectivity index is 1.17. The molecule has 0 spiro atoms. The number of esters is 1. The number of allylic oxidation sites excluding steroid dienone is 3. The Morgan fingerprint density at radius 1 is 0.946 bits per heavy atom. The molecular weight excluding hydrogens is 722 g/mol. The molecule has 6 aliphatic rings. The van der Waals surface area contributed by atoms with Gasteiger partial charge < -0.3 is 15.2 Å². The van der Waals surface area contributed by atoms with Crippen molar-refractivity contribution in [1.82, 2.24) is 5.32 Å². The molecular formula is C48H66ClNO6. The normalized spacial score (nSPS) is 37.2. The molecule has 0 aromatic heterocycles. The van der Waals surface area contributed by atoms with Crippen molar-refractivity contribution in [2.45, 2.75) is 158 Å². The highest BCUT2D eigenvalue weighted by molar-refractivity contribution is 6.30. The fourth-order valence-electron chi connectivity index (χ4n) is 13.8. The average Bonchev–Trinajstić information content (AvgIpc) is 3.81. The molecule has 0 radical (unpaired) electrons. The number of carbonyl (C=O) groups is 4. The summed E-state index contributed by atoms with van der Waals surface area (Å²) >= 11 is 6.35. The lowest BCUT2D eigenvalue weighted by atomic mass is 9.33. The molecule has 56 heavy (non-hydrogen) atoms. The summed E-state index contributed by atoms with van der Waals surface area (Å²) in [7, 11) is 0. The van der Waals surface area contributed by atoms with Crippen LogP contribution in [-0.2, 0) is 29.5 Å². The smallest absolute Gasteiger partial charge is 0.309 e. The van der Waals surface area contributed by atoms with Gasteiger partial charge >= 0.3 is 11.9 Å². The van der Waals surface area contributed by atoms with Gasteiger partial charge in [-0.3, -0.25) is 19.2 Å². The number of hydrogen-bond donors (Lipinski definition) is 2. The van der Waals surface area contributed by atoms with Crippen molar-refractivity contribution >= 4 is 35.2 Å². The lowest BCUT2D eigenvalue weighted by molar-refractivity contribution is -0.232. The summed E-state index contributed by atoms with van der Waals surface area (Å²) in [4.78, 5) is 53.1. The minimum absolute atomic E-state index is 0.0159. The van der Waals surface area contributed by atoms with Gasteiger partial charge in [-0.25, -0.2) is 0 Å². The first kappa shape index (κ1) is 41.2. The van der Waals surface area contributed by atoms with Crippen LogP contribution < -0.4 is 5.32 Å². The van der Waals surface area contributed by atoms with Gasteiger partial charge in [-0.05, 0) is 154 Å². The number of carbonyl (C=O) groups excluding carboxylic acids is 3. The fourth-order valence-corrected chi connectivity index (χ4v) is 14.0. The lowest BCUT2D eigenvalue weighted by Crippen LogP contribution is -2.65. The number of benzene rings is 1. The maximum absolute atomic E-state index is 14.2. The van der Waals surface area contributed by atoms with Crippen molar-refractivity contribution in [3.63, 3.8) is 0 Å². The standard InChI is InChI=1S/C48H66ClNO6/c1-28(2)38-33(51)26-47(25-29(3)40(53)50-48(22-23-48)30-12-11-13-31(49)24-30)21-20-45(9)32(39(38)47)14-15-35-44(8)18-17-36(56-37(52)27-42(4,5)41(54)55)43(6,7)34(44)16-19-46(35,45)10/h11-13,24-25,28,32,34-36H,14-23,26-27H2,1-10H3,(H,50,53)(H,54,55)/b29-25+/t32?,34-,35?,36-,44-,45+,46+,47+/m0/s1. The minimum Gasteiger partial charge on any atom is -0.481 e. The zero-order valence-corrected chi connectivity index (χ0v) is 36.4. The SMILES string of the molecule is C/C(=C\[C@@]12CC[C@]3(C)C(CCC4[C@@]5(C)CC[C@H](OC(=O)CC(C)(C)C(=O)O)C(C)(C)[C@@H]5CC[C@]43C)C1=C(C(C)C)C(=O)C2)C(=O)NC1(c2cccc(Cl)c2)CC1. The third-order valence-electron chi connectivity index (χ3n) is 17.2. The van der Waals surface area contributed by atoms with E-state index in [1.54, 1.807) is 13.8 Å². The molecule has 8 heteroatoms. The van der Waals surface area contributed by atoms with Gasteiger partial charge in [0, 0.05) is 27.8 Å². The summed E-state index contributed by atoms with van der Waals surface area (Å²) in [5.74, 6) is -0.0103. The molecule has 0 heterocycles. The van der Waals surface area contributed by atoms with Crippen LogP contribution in [-0.4, -0.2) is 34.8 Å². The van der Waals surface area contributed by atoms with Gasteiger partial charge in [-0.15, -0.1) is 0 Å². The number of rotatable bonds is 9. The van der Waals surface area contributed by atoms with Gasteiger partial charge in [-0.2, -0.15) is 0 Å². The molecule has 306 valence electrons. The molecule has 1 amide bonds. The average molecular weight is 789 g/mol. The number of ketones is 1. The molecule has 1 aromatic rings. The van der Waals surface area contributed by atoms with Gasteiger partial charge in [0.05, 0.1) is 17.4 Å². The Labute approximate surface area is 340 Å². The molecule has 0 aliphatic heterocycles. The molecule has 8 atom stereocenters. The molecule has 2 unspecified atom stereocenters. The van der Waals surface area contributed by atoms with Gasteiger partial charge in [0.2, 0.25) is 5.91 Å². The number of ether oxygens (including phenoxy) is 1. The summed E-state index contributed by atoms with van der Waals surface area (Å²) < 4.78 is 6.18. The third kappa shape index (κ3) is 6.25. The molecule has 2 N–H and O–H groups in total. The number of hydrogen-bond acceptors (Lipinski definition) is 5. The monoisotopic (exact) mass is 787 g/mol. The number of halogens is 1. The molecule has 0 bridgehead atoms. The lowest BCUT2D eigenvalue weighted by Gasteiger charge is -2.72. The second-order valence-electron chi connectivity index (χ2n) is 21.4. The highest BCUT2D eigenvalue weighted by Crippen LogP contribution is 2.77. The van der Waals surface area contributed by atoms with Crippen molar-refractivity contribution in [3.05, 3.63) is 57.6 Å². The number of nitrogens with one attached hydrogen (secondary N) is 1. The van der Waals surface area contributed by atoms with E-state index < -0.39 is 22.8 Å². The summed E-state index contributed by atoms with van der Waals surface area (Å²) in [6.45, 7) is 21.6. The number of carboxylic acid groups (broad SMARTS) is 1. The predicted molar refractivity (Wildman–Crippen MR) is 220 cm³/mol. The number of fused-ring (bicyclic) bond motifs is 7. The molecule has 7 rings (SSSR count). The first-order valence-corrected chi connectivity index (χ1v) is 21.8. The van der Waals surface area contributed by atoms with Gasteiger partial charge in [0.1, 0.15) is 6.10 Å². The van der Waals surface area contributed by atoms with Crippen LogP contribution in [0.4, 0.5) is 0 Å². The zero-order valence-electron chi connectivity index (χ0n) is 35.6. The molecule has 1 aromatic carbocycles. The van der Waals surface area contributed by atoms with Crippen LogP contribution in [0, 0.1) is 56.2 Å². The Hall–Kier alpha value is -2.93. The summed E-state index contributed by atoms with van der Waals surface area (Å²) in [6.07, 6.45) is 11.9. The quantitative estimate of drug-likeness (QED) is 0.190. The highest BCUT2D eigenvalue weighted by atomic mass is 35.5. The largest absolute Gasteiger partial charge is 0.481 e. The Bertz CT molecular complexity index is 1900. The van der Waals surface area contributed by atoms with Crippen molar-refractivity contribution < 1.29 is 29.0 Å². The maximum Gasteiger partial charge on any atom is 0.309 e. The Kier molecular flexibility index (Phi) is 9.99. The van der Waals surface area contributed by atoms with E-state index in [-0.39, 0.29) is 63.2 Å². The molecule has 5 fully saturated rings. The second kappa shape index (κ2) is 13.6. The van der Waals surface area contributed by atoms with Crippen LogP contribution in [0.1, 0.15) is 152 Å². The highest BCUT2D eigenvalue weighted by Gasteiger charge is 2.70. The Morgan fingerprint density at radius 3 is 2.27 bits per heavy atom. The van der Waals surface area contributed by atoms with E-state index in [1.807, 2.05) is 31.2 Å². The third-order valence-corrected chi connectivity index (χ3v) is 17.4. The van der Waals surface area contributed by atoms with Crippen molar-refractivity contribution in [1.29, 1.82) is 0 Å². The summed E-state index contributed by atoms with van der Waals surface area (Å²) in [6, 6.07) is 7.80. The maximum atomic E-state index is 14.2. The van der Waals surface area contributed by atoms with Crippen LogP contribution in [0.15, 0.2) is 47.1 Å². The predicted octanol–water partition coefficient (Wildman–Crippen LogP) is 10.8. The van der Waals surface area contributed by atoms with Crippen molar-refractivity contribution in [2.24, 2.45) is 56.2 Å². The number of carboxylic acids is 1. The summed E-state index contributed by atoms with van der Waals surface area (Å²) in [5.41, 5.74) is 1.91. The molecule has 5 saturated carbocycles. The van der Waals surface area contributed by atoms with Crippen molar-refractivity contribution in [3.8, 4) is 0 Å². The fraction of sp³-hybridized carbons (Fsp3) is 0.708. The zero-order chi connectivity index (χ0) is 41.0. The van der Waals surface area contributed by atoms with E-state index >= 15 is 0 Å². The minimum atomic E-state index is -1.17. The van der Waals surface area contributed by atoms with Crippen molar-refractivity contribution in [2.75, 3.05) is 0 Å². The number of Topliss-reactive ketones (excluding diaryl/α,β-unsaturated/α-hetero) is 1. The first-order valence-electron chi connectivity index (χ1n) is 21.5. The van der Waals surface area contributed by atoms with E-state index in [1.165, 1.54) is 5.57 Å². The van der Waals surface area contributed by atoms with Crippen LogP contribution in [0.2, 0.25) is 5.02 Å². The molecule has 7 nitrogen and oxygen atoms in total. The molecule has 0 saturated heterocycles. The van der Waals surface area contributed by atoms with E-state index in [4.69, 9.17) is 16.3 Å². The van der Waals surface area contributed by atoms with E-state index in [9.17, 15) is 24.3 Å². The van der Waals surface area contributed by atoms with Gasteiger partial charge in [0.25, 0.3) is 0 Å². The summed E-state index contributed by atoms with van der Waals surface area (Å²) in [5, 5.41) is 13.7. The second-order valence-corrected chi connectivity index (χ2v) is 21.9. The van der Waals surface area contributed by atoms with Gasteiger partial charge in [-0.1, -0.05) is 78.3 Å². The van der Waals surface area contributed by atoms with Crippen LogP contribution in [0.3, 0.4) is 0 Å². The topological polar surface area (TPSA) is 110 Å². The van der Waals surface area contributed by atoms with E-state index in [0.29, 0.717) is 28.9 Å².